The number of benzene rings is 3. The quantitative estimate of drug-likeness (QED) is 0.154. The lowest BCUT2D eigenvalue weighted by Gasteiger charge is -2.22. The first kappa shape index (κ1) is 30.8. The van der Waals surface area contributed by atoms with Gasteiger partial charge in [0.05, 0.1) is 0 Å². The van der Waals surface area contributed by atoms with Crippen LogP contribution in [0.15, 0.2) is 36.4 Å². The molecule has 0 bridgehead atoms. The first-order chi connectivity index (χ1) is 19.5. The van der Waals surface area contributed by atoms with Gasteiger partial charge in [-0.2, -0.15) is 0 Å². The Balaban J connectivity index is 2.32. The van der Waals surface area contributed by atoms with Gasteiger partial charge in [0.1, 0.15) is 46.3 Å². The number of phenolic OH excluding ortho intramolecular Hbond substituents is 6. The highest BCUT2D eigenvalue weighted by Gasteiger charge is 2.35. The minimum atomic E-state index is -2.38. The van der Waals surface area contributed by atoms with Gasteiger partial charge in [0.2, 0.25) is 0 Å². The van der Waals surface area contributed by atoms with Crippen LogP contribution in [-0.2, 0) is 19.2 Å². The van der Waals surface area contributed by atoms with Crippen LogP contribution in [-0.4, -0.2) is 85.2 Å². The van der Waals surface area contributed by atoms with E-state index < -0.39 is 116 Å². The Labute approximate surface area is 233 Å². The van der Waals surface area contributed by atoms with E-state index in [1.807, 2.05) is 0 Å². The summed E-state index contributed by atoms with van der Waals surface area (Å²) < 4.78 is 0. The van der Waals surface area contributed by atoms with E-state index >= 15 is 0 Å². The molecule has 0 aromatic heterocycles. The molecule has 0 saturated carbocycles. The number of hydrogen-bond donors (Lipinski definition) is 12. The van der Waals surface area contributed by atoms with E-state index in [4.69, 9.17) is 10.2 Å². The van der Waals surface area contributed by atoms with Crippen LogP contribution < -0.4 is 0 Å². The largest absolute Gasteiger partial charge is 0.507 e. The fourth-order valence-corrected chi connectivity index (χ4v) is 4.33. The number of rotatable bonds is 10. The highest BCUT2D eigenvalue weighted by Crippen LogP contribution is 2.46. The van der Waals surface area contributed by atoms with E-state index in [0.29, 0.717) is 36.4 Å². The summed E-state index contributed by atoms with van der Waals surface area (Å²) in [5.41, 5.74) is -4.28. The van der Waals surface area contributed by atoms with E-state index in [0.717, 1.165) is 0 Å². The number of aliphatic hydroxyl groups excluding tert-OH is 2. The summed E-state index contributed by atoms with van der Waals surface area (Å²) in [6.45, 7) is 0. The number of carboxylic acid groups (broad SMARTS) is 4. The third-order valence-corrected chi connectivity index (χ3v) is 6.32. The standard InChI is InChI=1S/C26H22O16/c27-13-4-14(28)8(20(24(37)38)10-3-12(22(34)26(41)42)18(32)6-16(10)30)1-7(13)19(23(35)36)9-2-11(21(33)25(39)40)17(31)5-15(9)29/h1-6,19-22,27-34H,(H,35,36)(H,37,38)(H,39,40)(H,41,42). The lowest BCUT2D eigenvalue weighted by atomic mass is 9.83. The SMILES string of the molecule is O=C(O)C(O)c1cc(C(C(=O)O)c2cc(C(C(=O)O)c3cc(C(O)C(=O)O)c(O)cc3O)c(O)cc2O)c(O)cc1O. The third-order valence-electron chi connectivity index (χ3n) is 6.32. The first-order valence-corrected chi connectivity index (χ1v) is 11.4. The molecule has 4 unspecified atom stereocenters. The molecule has 0 aliphatic rings. The summed E-state index contributed by atoms with van der Waals surface area (Å²) in [5, 5.41) is 120. The van der Waals surface area contributed by atoms with Crippen molar-refractivity contribution in [3.63, 3.8) is 0 Å². The Bertz CT molecular complexity index is 1500. The Kier molecular flexibility index (Phi) is 8.36. The fraction of sp³-hybridized carbons (Fsp3) is 0.154. The predicted molar refractivity (Wildman–Crippen MR) is 133 cm³/mol. The second-order valence-corrected chi connectivity index (χ2v) is 8.93. The Morgan fingerprint density at radius 2 is 0.595 bits per heavy atom. The molecule has 42 heavy (non-hydrogen) atoms. The molecule has 0 saturated heterocycles. The Morgan fingerprint density at radius 1 is 0.381 bits per heavy atom. The molecular weight excluding hydrogens is 568 g/mol. The molecule has 0 fully saturated rings. The van der Waals surface area contributed by atoms with E-state index in [1.165, 1.54) is 0 Å². The van der Waals surface area contributed by atoms with Crippen molar-refractivity contribution in [3.8, 4) is 34.5 Å². The summed E-state index contributed by atoms with van der Waals surface area (Å²) >= 11 is 0. The number of aliphatic hydroxyl groups is 2. The molecule has 3 aromatic rings. The van der Waals surface area contributed by atoms with E-state index in [2.05, 4.69) is 0 Å². The van der Waals surface area contributed by atoms with Crippen molar-refractivity contribution < 1.29 is 80.5 Å². The van der Waals surface area contributed by atoms with Crippen LogP contribution in [0, 0.1) is 0 Å². The molecule has 0 aliphatic carbocycles. The molecule has 3 aromatic carbocycles. The maximum absolute atomic E-state index is 12.4. The monoisotopic (exact) mass is 590 g/mol. The van der Waals surface area contributed by atoms with Gasteiger partial charge in [0.15, 0.2) is 12.2 Å². The van der Waals surface area contributed by atoms with Crippen molar-refractivity contribution in [1.82, 2.24) is 0 Å². The van der Waals surface area contributed by atoms with Crippen LogP contribution in [0.3, 0.4) is 0 Å². The molecule has 0 heterocycles. The summed E-state index contributed by atoms with van der Waals surface area (Å²) in [4.78, 5) is 47.2. The molecule has 0 aliphatic heterocycles. The smallest absolute Gasteiger partial charge is 0.337 e. The molecule has 16 nitrogen and oxygen atoms in total. The van der Waals surface area contributed by atoms with Crippen LogP contribution >= 0.6 is 0 Å². The normalized spacial score (nSPS) is 14.0. The Hall–Kier alpha value is -5.74. The topological polar surface area (TPSA) is 311 Å². The lowest BCUT2D eigenvalue weighted by molar-refractivity contribution is -0.147. The molecule has 0 amide bonds. The van der Waals surface area contributed by atoms with Crippen LogP contribution in [0.25, 0.3) is 0 Å². The van der Waals surface area contributed by atoms with Gasteiger partial charge in [-0.15, -0.1) is 0 Å². The van der Waals surface area contributed by atoms with Crippen molar-refractivity contribution >= 4 is 23.9 Å². The molecule has 0 spiro atoms. The number of carbonyl (C=O) groups is 4. The Morgan fingerprint density at radius 3 is 0.810 bits per heavy atom. The average molecular weight is 590 g/mol. The molecule has 0 radical (unpaired) electrons. The van der Waals surface area contributed by atoms with Crippen molar-refractivity contribution in [1.29, 1.82) is 0 Å². The number of aliphatic carboxylic acids is 4. The second kappa shape index (κ2) is 11.4. The van der Waals surface area contributed by atoms with Gasteiger partial charge in [-0.25, -0.2) is 9.59 Å². The molecule has 4 atom stereocenters. The fourth-order valence-electron chi connectivity index (χ4n) is 4.33. The number of aromatic hydroxyl groups is 6. The zero-order valence-electron chi connectivity index (χ0n) is 20.8. The van der Waals surface area contributed by atoms with Crippen LogP contribution in [0.5, 0.6) is 34.5 Å². The van der Waals surface area contributed by atoms with Gasteiger partial charge >= 0.3 is 23.9 Å². The predicted octanol–water partition coefficient (Wildman–Crippen LogP) is 0.589. The second-order valence-electron chi connectivity index (χ2n) is 8.93. The number of phenols is 6. The highest BCUT2D eigenvalue weighted by atomic mass is 16.4. The van der Waals surface area contributed by atoms with Crippen LogP contribution in [0.4, 0.5) is 0 Å². The van der Waals surface area contributed by atoms with Gasteiger partial charge in [0, 0.05) is 51.6 Å². The summed E-state index contributed by atoms with van der Waals surface area (Å²) in [7, 11) is 0. The summed E-state index contributed by atoms with van der Waals surface area (Å²) in [5.74, 6) is -17.4. The molecule has 222 valence electrons. The van der Waals surface area contributed by atoms with E-state index in [9.17, 15) is 70.2 Å². The number of carboxylic acids is 4. The van der Waals surface area contributed by atoms with E-state index in [1.54, 1.807) is 0 Å². The first-order valence-electron chi connectivity index (χ1n) is 11.4. The zero-order valence-corrected chi connectivity index (χ0v) is 20.8. The van der Waals surface area contributed by atoms with Gasteiger partial charge in [-0.1, -0.05) is 0 Å². The van der Waals surface area contributed by atoms with E-state index in [-0.39, 0.29) is 0 Å². The number of hydrogen-bond acceptors (Lipinski definition) is 12. The molecule has 3 rings (SSSR count). The van der Waals surface area contributed by atoms with Crippen molar-refractivity contribution in [2.24, 2.45) is 0 Å². The van der Waals surface area contributed by atoms with Gasteiger partial charge in [-0.05, 0) is 18.2 Å². The van der Waals surface area contributed by atoms with Crippen molar-refractivity contribution in [2.45, 2.75) is 24.0 Å². The third kappa shape index (κ3) is 5.60. The minimum absolute atomic E-state index is 0.519. The van der Waals surface area contributed by atoms with Gasteiger partial charge in [-0.3, -0.25) is 9.59 Å². The molecular formula is C26H22O16. The molecule has 16 heteroatoms. The average Bonchev–Trinajstić information content (AvgIpc) is 2.87. The minimum Gasteiger partial charge on any atom is -0.507 e. The molecule has 12 N–H and O–H groups in total. The maximum Gasteiger partial charge on any atom is 0.337 e. The van der Waals surface area contributed by atoms with Crippen LogP contribution in [0.1, 0.15) is 57.4 Å². The van der Waals surface area contributed by atoms with Gasteiger partial charge in [0.25, 0.3) is 0 Å². The van der Waals surface area contributed by atoms with Crippen molar-refractivity contribution in [3.05, 3.63) is 69.8 Å². The summed E-state index contributed by atoms with van der Waals surface area (Å²) in [6.07, 6.45) is -4.76. The van der Waals surface area contributed by atoms with Crippen LogP contribution in [0.2, 0.25) is 0 Å². The zero-order chi connectivity index (χ0) is 31.8. The maximum atomic E-state index is 12.4. The lowest BCUT2D eigenvalue weighted by Crippen LogP contribution is -2.18. The highest BCUT2D eigenvalue weighted by molar-refractivity contribution is 5.87. The van der Waals surface area contributed by atoms with Crippen molar-refractivity contribution in [2.75, 3.05) is 0 Å². The van der Waals surface area contributed by atoms with Gasteiger partial charge < -0.3 is 61.3 Å². The summed E-state index contributed by atoms with van der Waals surface area (Å²) in [6, 6.07) is 3.46.